The molecule has 0 aromatic heterocycles. The molecule has 2 aliphatic rings. The first-order valence-corrected chi connectivity index (χ1v) is 11.5. The molecule has 1 aromatic carbocycles. The lowest BCUT2D eigenvalue weighted by Crippen LogP contribution is -2.23. The molecule has 0 bridgehead atoms. The SMILES string of the molecule is CCCc1ccc(C2=CCC(C3CCC(CCC)CC3)CC2)c(C)c1OC. The Bertz CT molecular complexity index is 634. The van der Waals surface area contributed by atoms with Crippen molar-refractivity contribution in [3.63, 3.8) is 0 Å². The number of hydrogen-bond donors (Lipinski definition) is 0. The monoisotopic (exact) mass is 368 g/mol. The zero-order valence-corrected chi connectivity index (χ0v) is 18.2. The zero-order valence-electron chi connectivity index (χ0n) is 18.2. The fourth-order valence-corrected chi connectivity index (χ4v) is 5.73. The molecule has 3 rings (SSSR count). The lowest BCUT2D eigenvalue weighted by Gasteiger charge is -2.35. The van der Waals surface area contributed by atoms with Crippen LogP contribution in [0.4, 0.5) is 0 Å². The van der Waals surface area contributed by atoms with Crippen LogP contribution in [0.5, 0.6) is 5.75 Å². The van der Waals surface area contributed by atoms with E-state index in [1.807, 2.05) is 7.11 Å². The van der Waals surface area contributed by atoms with Gasteiger partial charge in [0.2, 0.25) is 0 Å². The van der Waals surface area contributed by atoms with E-state index in [9.17, 15) is 0 Å². The molecule has 0 N–H and O–H groups in total. The molecule has 0 saturated heterocycles. The first kappa shape index (κ1) is 20.5. The highest BCUT2D eigenvalue weighted by molar-refractivity contribution is 5.71. The van der Waals surface area contributed by atoms with Gasteiger partial charge >= 0.3 is 0 Å². The minimum absolute atomic E-state index is 0.929. The van der Waals surface area contributed by atoms with Gasteiger partial charge in [0.05, 0.1) is 7.11 Å². The van der Waals surface area contributed by atoms with Crippen molar-refractivity contribution in [3.05, 3.63) is 34.9 Å². The van der Waals surface area contributed by atoms with Crippen LogP contribution in [0.15, 0.2) is 18.2 Å². The van der Waals surface area contributed by atoms with Crippen LogP contribution in [0, 0.1) is 24.7 Å². The molecule has 1 unspecified atom stereocenters. The third-order valence-corrected chi connectivity index (χ3v) is 7.26. The summed E-state index contributed by atoms with van der Waals surface area (Å²) in [5.41, 5.74) is 5.69. The zero-order chi connectivity index (χ0) is 19.2. The lowest BCUT2D eigenvalue weighted by atomic mass is 9.70. The highest BCUT2D eigenvalue weighted by Crippen LogP contribution is 2.43. The topological polar surface area (TPSA) is 9.23 Å². The molecule has 0 radical (unpaired) electrons. The van der Waals surface area contributed by atoms with Crippen molar-refractivity contribution in [1.82, 2.24) is 0 Å². The molecule has 0 heterocycles. The highest BCUT2D eigenvalue weighted by Gasteiger charge is 2.29. The van der Waals surface area contributed by atoms with E-state index >= 15 is 0 Å². The molecule has 2 aliphatic carbocycles. The second-order valence-electron chi connectivity index (χ2n) is 9.01. The predicted octanol–water partition coefficient (Wildman–Crippen LogP) is 7.75. The van der Waals surface area contributed by atoms with E-state index in [1.54, 1.807) is 5.57 Å². The smallest absolute Gasteiger partial charge is 0.125 e. The molecule has 1 aromatic rings. The van der Waals surface area contributed by atoms with E-state index in [0.29, 0.717) is 0 Å². The predicted molar refractivity (Wildman–Crippen MR) is 117 cm³/mol. The van der Waals surface area contributed by atoms with Crippen molar-refractivity contribution in [3.8, 4) is 5.75 Å². The van der Waals surface area contributed by atoms with Crippen LogP contribution in [0.3, 0.4) is 0 Å². The first-order valence-electron chi connectivity index (χ1n) is 11.5. The second kappa shape index (κ2) is 9.80. The fourth-order valence-electron chi connectivity index (χ4n) is 5.73. The van der Waals surface area contributed by atoms with Crippen molar-refractivity contribution in [2.24, 2.45) is 17.8 Å². The standard InChI is InChI=1S/C26H40O/c1-5-7-20-9-11-21(12-10-20)22-13-15-23(16-14-22)25-18-17-24(8-6-2)26(27-4)19(25)3/h15,17-18,20-22H,5-14,16H2,1-4H3. The van der Waals surface area contributed by atoms with Crippen LogP contribution in [0.2, 0.25) is 0 Å². The van der Waals surface area contributed by atoms with Crippen LogP contribution in [-0.2, 0) is 6.42 Å². The molecule has 1 nitrogen and oxygen atoms in total. The van der Waals surface area contributed by atoms with Gasteiger partial charge in [-0.3, -0.25) is 0 Å². The number of ether oxygens (including phenoxy) is 1. The Balaban J connectivity index is 1.65. The highest BCUT2D eigenvalue weighted by atomic mass is 16.5. The van der Waals surface area contributed by atoms with E-state index in [4.69, 9.17) is 4.74 Å². The van der Waals surface area contributed by atoms with Gasteiger partial charge in [-0.1, -0.05) is 64.2 Å². The molecule has 1 fully saturated rings. The summed E-state index contributed by atoms with van der Waals surface area (Å²) in [5.74, 6) is 4.06. The summed E-state index contributed by atoms with van der Waals surface area (Å²) in [6.07, 6.45) is 17.5. The van der Waals surface area contributed by atoms with Crippen LogP contribution >= 0.6 is 0 Å². The van der Waals surface area contributed by atoms with Gasteiger partial charge in [0, 0.05) is 0 Å². The normalized spacial score (nSPS) is 25.9. The molecule has 0 aliphatic heterocycles. The van der Waals surface area contributed by atoms with Gasteiger partial charge in [-0.15, -0.1) is 0 Å². The molecule has 0 spiro atoms. The molecular formula is C26H40O. The molecule has 1 saturated carbocycles. The van der Waals surface area contributed by atoms with Gasteiger partial charge in [-0.25, -0.2) is 0 Å². The summed E-state index contributed by atoms with van der Waals surface area (Å²) < 4.78 is 5.78. The summed E-state index contributed by atoms with van der Waals surface area (Å²) in [7, 11) is 1.82. The Labute approximate surface area is 167 Å². The van der Waals surface area contributed by atoms with Gasteiger partial charge in [0.1, 0.15) is 5.75 Å². The average Bonchev–Trinajstić information content (AvgIpc) is 2.70. The molecular weight excluding hydrogens is 328 g/mol. The van der Waals surface area contributed by atoms with E-state index < -0.39 is 0 Å². The van der Waals surface area contributed by atoms with Crippen LogP contribution < -0.4 is 4.74 Å². The largest absolute Gasteiger partial charge is 0.496 e. The number of benzene rings is 1. The number of methoxy groups -OCH3 is 1. The van der Waals surface area contributed by atoms with Crippen molar-refractivity contribution < 1.29 is 4.74 Å². The third kappa shape index (κ3) is 4.79. The van der Waals surface area contributed by atoms with Crippen molar-refractivity contribution in [2.45, 2.75) is 91.4 Å². The minimum Gasteiger partial charge on any atom is -0.496 e. The summed E-state index contributed by atoms with van der Waals surface area (Å²) in [5, 5.41) is 0. The second-order valence-corrected chi connectivity index (χ2v) is 9.01. The third-order valence-electron chi connectivity index (χ3n) is 7.26. The maximum atomic E-state index is 5.78. The van der Waals surface area contributed by atoms with E-state index in [-0.39, 0.29) is 0 Å². The number of hydrogen-bond acceptors (Lipinski definition) is 1. The number of rotatable bonds is 7. The van der Waals surface area contributed by atoms with Gasteiger partial charge in [-0.05, 0) is 85.5 Å². The first-order chi connectivity index (χ1) is 13.2. The Kier molecular flexibility index (Phi) is 7.44. The Morgan fingerprint density at radius 2 is 1.74 bits per heavy atom. The maximum Gasteiger partial charge on any atom is 0.125 e. The quantitative estimate of drug-likeness (QED) is 0.478. The fraction of sp³-hybridized carbons (Fsp3) is 0.692. The molecule has 27 heavy (non-hydrogen) atoms. The molecule has 1 heteroatoms. The minimum atomic E-state index is 0.929. The number of aryl methyl sites for hydroxylation is 1. The molecule has 0 amide bonds. The van der Waals surface area contributed by atoms with E-state index in [2.05, 4.69) is 39.0 Å². The molecule has 1 atom stereocenters. The van der Waals surface area contributed by atoms with Gasteiger partial charge in [0.25, 0.3) is 0 Å². The Morgan fingerprint density at radius 3 is 2.33 bits per heavy atom. The summed E-state index contributed by atoms with van der Waals surface area (Å²) in [6.45, 7) is 6.82. The summed E-state index contributed by atoms with van der Waals surface area (Å²) >= 11 is 0. The van der Waals surface area contributed by atoms with Crippen molar-refractivity contribution >= 4 is 5.57 Å². The van der Waals surface area contributed by atoms with Gasteiger partial charge in [0.15, 0.2) is 0 Å². The van der Waals surface area contributed by atoms with E-state index in [1.165, 1.54) is 80.9 Å². The Hall–Kier alpha value is -1.24. The van der Waals surface area contributed by atoms with Crippen molar-refractivity contribution in [2.75, 3.05) is 7.11 Å². The summed E-state index contributed by atoms with van der Waals surface area (Å²) in [6, 6.07) is 4.65. The van der Waals surface area contributed by atoms with Crippen molar-refractivity contribution in [1.29, 1.82) is 0 Å². The van der Waals surface area contributed by atoms with Crippen LogP contribution in [-0.4, -0.2) is 7.11 Å². The van der Waals surface area contributed by atoms with Crippen LogP contribution in [0.25, 0.3) is 5.57 Å². The maximum absolute atomic E-state index is 5.78. The average molecular weight is 369 g/mol. The van der Waals surface area contributed by atoms with Crippen LogP contribution in [0.1, 0.15) is 94.7 Å². The summed E-state index contributed by atoms with van der Waals surface area (Å²) in [4.78, 5) is 0. The van der Waals surface area contributed by atoms with Gasteiger partial charge in [-0.2, -0.15) is 0 Å². The van der Waals surface area contributed by atoms with E-state index in [0.717, 1.165) is 29.9 Å². The lowest BCUT2D eigenvalue weighted by molar-refractivity contribution is 0.189. The molecule has 150 valence electrons. The van der Waals surface area contributed by atoms with Gasteiger partial charge < -0.3 is 4.74 Å². The number of allylic oxidation sites excluding steroid dienone is 2. The Morgan fingerprint density at radius 1 is 0.963 bits per heavy atom.